The number of aliphatic hydroxyl groups excluding tert-OH is 2. The zero-order chi connectivity index (χ0) is 12.7. The predicted molar refractivity (Wildman–Crippen MR) is 68.2 cm³/mol. The molecule has 0 amide bonds. The lowest BCUT2D eigenvalue weighted by Crippen LogP contribution is -2.03. The van der Waals surface area contributed by atoms with Crippen molar-refractivity contribution < 1.29 is 14.9 Å². The second kappa shape index (κ2) is 7.30. The quantitative estimate of drug-likeness (QED) is 0.718. The molecule has 0 aliphatic heterocycles. The Morgan fingerprint density at radius 1 is 1.24 bits per heavy atom. The Kier molecular flexibility index (Phi) is 6.01. The minimum atomic E-state index is -0.511. The van der Waals surface area contributed by atoms with Gasteiger partial charge in [-0.2, -0.15) is 0 Å². The van der Waals surface area contributed by atoms with Crippen LogP contribution in [0, 0.1) is 6.92 Å². The summed E-state index contributed by atoms with van der Waals surface area (Å²) in [6, 6.07) is 5.83. The van der Waals surface area contributed by atoms with E-state index in [9.17, 15) is 5.11 Å². The van der Waals surface area contributed by atoms with Crippen molar-refractivity contribution in [2.24, 2.45) is 0 Å². The van der Waals surface area contributed by atoms with E-state index in [-0.39, 0.29) is 6.61 Å². The molecule has 1 aromatic rings. The third-order valence-electron chi connectivity index (χ3n) is 2.68. The number of aryl methyl sites for hydroxylation is 1. The lowest BCUT2D eigenvalue weighted by Gasteiger charge is -2.14. The van der Waals surface area contributed by atoms with Gasteiger partial charge in [-0.1, -0.05) is 12.1 Å². The van der Waals surface area contributed by atoms with E-state index in [1.165, 1.54) is 0 Å². The maximum atomic E-state index is 9.62. The van der Waals surface area contributed by atoms with Crippen LogP contribution in [-0.2, 0) is 0 Å². The summed E-state index contributed by atoms with van der Waals surface area (Å²) in [5.74, 6) is 0.768. The SMILES string of the molecule is Cc1ccc([C@H](C)O)c(OCCCCCO)c1. The largest absolute Gasteiger partial charge is 0.493 e. The molecule has 0 aliphatic rings. The van der Waals surface area contributed by atoms with E-state index in [0.717, 1.165) is 36.1 Å². The van der Waals surface area contributed by atoms with E-state index in [1.54, 1.807) is 6.92 Å². The Hall–Kier alpha value is -1.06. The van der Waals surface area contributed by atoms with Crippen LogP contribution in [0.3, 0.4) is 0 Å². The summed E-state index contributed by atoms with van der Waals surface area (Å²) in [7, 11) is 0. The molecule has 2 N–H and O–H groups in total. The van der Waals surface area contributed by atoms with E-state index in [2.05, 4.69) is 0 Å². The average molecular weight is 238 g/mol. The highest BCUT2D eigenvalue weighted by Gasteiger charge is 2.08. The maximum Gasteiger partial charge on any atom is 0.125 e. The van der Waals surface area contributed by atoms with Crippen LogP contribution in [0.15, 0.2) is 18.2 Å². The summed E-state index contributed by atoms with van der Waals surface area (Å²) in [6.07, 6.45) is 2.20. The first-order chi connectivity index (χ1) is 8.15. The van der Waals surface area contributed by atoms with E-state index < -0.39 is 6.10 Å². The van der Waals surface area contributed by atoms with Gasteiger partial charge in [-0.3, -0.25) is 0 Å². The molecule has 17 heavy (non-hydrogen) atoms. The van der Waals surface area contributed by atoms with Crippen molar-refractivity contribution >= 4 is 0 Å². The van der Waals surface area contributed by atoms with Crippen LogP contribution < -0.4 is 4.74 Å². The normalized spacial score (nSPS) is 12.5. The lowest BCUT2D eigenvalue weighted by atomic mass is 10.1. The molecule has 0 aliphatic carbocycles. The Morgan fingerprint density at radius 2 is 2.00 bits per heavy atom. The molecule has 1 aromatic carbocycles. The van der Waals surface area contributed by atoms with Crippen LogP contribution in [0.1, 0.15) is 43.4 Å². The summed E-state index contributed by atoms with van der Waals surface area (Å²) in [5.41, 5.74) is 1.96. The molecule has 0 bridgehead atoms. The van der Waals surface area contributed by atoms with Crippen molar-refractivity contribution in [3.63, 3.8) is 0 Å². The Bertz CT molecular complexity index is 334. The summed E-state index contributed by atoms with van der Waals surface area (Å²) >= 11 is 0. The van der Waals surface area contributed by atoms with Gasteiger partial charge in [-0.25, -0.2) is 0 Å². The highest BCUT2D eigenvalue weighted by molar-refractivity contribution is 5.38. The molecule has 0 radical (unpaired) electrons. The molecule has 1 rings (SSSR count). The van der Waals surface area contributed by atoms with Crippen molar-refractivity contribution in [3.8, 4) is 5.75 Å². The van der Waals surface area contributed by atoms with Crippen molar-refractivity contribution in [1.82, 2.24) is 0 Å². The van der Waals surface area contributed by atoms with Crippen LogP contribution in [0.25, 0.3) is 0 Å². The van der Waals surface area contributed by atoms with Crippen LogP contribution in [0.5, 0.6) is 5.75 Å². The molecule has 0 aromatic heterocycles. The standard InChI is InChI=1S/C14H22O3/c1-11-6-7-13(12(2)16)14(10-11)17-9-5-3-4-8-15/h6-7,10,12,15-16H,3-5,8-9H2,1-2H3/t12-/m0/s1. The van der Waals surface area contributed by atoms with Crippen LogP contribution >= 0.6 is 0 Å². The summed E-state index contributed by atoms with van der Waals surface area (Å²) in [5, 5.41) is 18.3. The fraction of sp³-hybridized carbons (Fsp3) is 0.571. The molecule has 1 atom stereocenters. The summed E-state index contributed by atoms with van der Waals surface area (Å²) < 4.78 is 5.68. The minimum Gasteiger partial charge on any atom is -0.493 e. The number of ether oxygens (including phenoxy) is 1. The number of unbranched alkanes of at least 4 members (excludes halogenated alkanes) is 2. The van der Waals surface area contributed by atoms with E-state index >= 15 is 0 Å². The van der Waals surface area contributed by atoms with Gasteiger partial charge in [-0.05, 0) is 44.7 Å². The fourth-order valence-electron chi connectivity index (χ4n) is 1.68. The third kappa shape index (κ3) is 4.75. The number of aliphatic hydroxyl groups is 2. The van der Waals surface area contributed by atoms with Gasteiger partial charge in [0.05, 0.1) is 12.7 Å². The first kappa shape index (κ1) is 14.0. The van der Waals surface area contributed by atoms with Crippen molar-refractivity contribution in [1.29, 1.82) is 0 Å². The first-order valence-electron chi connectivity index (χ1n) is 6.17. The van der Waals surface area contributed by atoms with Gasteiger partial charge in [0, 0.05) is 12.2 Å². The summed E-state index contributed by atoms with van der Waals surface area (Å²) in [6.45, 7) is 4.61. The zero-order valence-electron chi connectivity index (χ0n) is 10.6. The highest BCUT2D eigenvalue weighted by Crippen LogP contribution is 2.26. The van der Waals surface area contributed by atoms with E-state index in [1.807, 2.05) is 25.1 Å². The van der Waals surface area contributed by atoms with Crippen LogP contribution in [0.2, 0.25) is 0 Å². The molecule has 0 spiro atoms. The molecule has 3 heteroatoms. The maximum absolute atomic E-state index is 9.62. The second-order valence-corrected chi connectivity index (χ2v) is 4.35. The van der Waals surface area contributed by atoms with Gasteiger partial charge in [0.2, 0.25) is 0 Å². The Morgan fingerprint density at radius 3 is 2.65 bits per heavy atom. The third-order valence-corrected chi connectivity index (χ3v) is 2.68. The molecular weight excluding hydrogens is 216 g/mol. The molecule has 0 heterocycles. The topological polar surface area (TPSA) is 49.7 Å². The minimum absolute atomic E-state index is 0.239. The van der Waals surface area contributed by atoms with Crippen LogP contribution in [0.4, 0.5) is 0 Å². The average Bonchev–Trinajstić information content (AvgIpc) is 2.28. The predicted octanol–water partition coefficient (Wildman–Crippen LogP) is 2.59. The molecule has 3 nitrogen and oxygen atoms in total. The molecule has 0 saturated heterocycles. The van der Waals surface area contributed by atoms with Crippen molar-refractivity contribution in [2.45, 2.75) is 39.2 Å². The smallest absolute Gasteiger partial charge is 0.125 e. The van der Waals surface area contributed by atoms with Crippen molar-refractivity contribution in [3.05, 3.63) is 29.3 Å². The number of hydrogen-bond donors (Lipinski definition) is 2. The van der Waals surface area contributed by atoms with Gasteiger partial charge in [0.15, 0.2) is 0 Å². The number of hydrogen-bond acceptors (Lipinski definition) is 3. The van der Waals surface area contributed by atoms with Crippen molar-refractivity contribution in [2.75, 3.05) is 13.2 Å². The molecular formula is C14H22O3. The Labute approximate surface area is 103 Å². The zero-order valence-corrected chi connectivity index (χ0v) is 10.6. The van der Waals surface area contributed by atoms with Gasteiger partial charge in [0.1, 0.15) is 5.75 Å². The second-order valence-electron chi connectivity index (χ2n) is 4.35. The Balaban J connectivity index is 2.53. The van der Waals surface area contributed by atoms with Gasteiger partial charge >= 0.3 is 0 Å². The van der Waals surface area contributed by atoms with Gasteiger partial charge in [0.25, 0.3) is 0 Å². The molecule has 0 unspecified atom stereocenters. The highest BCUT2D eigenvalue weighted by atomic mass is 16.5. The van der Waals surface area contributed by atoms with Crippen LogP contribution in [-0.4, -0.2) is 23.4 Å². The number of benzene rings is 1. The van der Waals surface area contributed by atoms with Gasteiger partial charge < -0.3 is 14.9 Å². The molecule has 96 valence electrons. The van der Waals surface area contributed by atoms with Gasteiger partial charge in [-0.15, -0.1) is 0 Å². The van der Waals surface area contributed by atoms with E-state index in [0.29, 0.717) is 6.61 Å². The summed E-state index contributed by atoms with van der Waals surface area (Å²) in [4.78, 5) is 0. The molecule has 0 saturated carbocycles. The molecule has 0 fully saturated rings. The monoisotopic (exact) mass is 238 g/mol. The fourth-order valence-corrected chi connectivity index (χ4v) is 1.68. The number of rotatable bonds is 7. The lowest BCUT2D eigenvalue weighted by molar-refractivity contribution is 0.190. The first-order valence-corrected chi connectivity index (χ1v) is 6.17. The van der Waals surface area contributed by atoms with E-state index in [4.69, 9.17) is 9.84 Å².